The fourth-order valence-electron chi connectivity index (χ4n) is 2.18. The quantitative estimate of drug-likeness (QED) is 0.877. The molecule has 1 N–H and O–H groups in total. The molecule has 0 aliphatic heterocycles. The van der Waals surface area contributed by atoms with Gasteiger partial charge in [-0.15, -0.1) is 0 Å². The van der Waals surface area contributed by atoms with Gasteiger partial charge in [-0.2, -0.15) is 0 Å². The smallest absolute Gasteiger partial charge is 0.123 e. The Balaban J connectivity index is 2.14. The van der Waals surface area contributed by atoms with Crippen LogP contribution in [0.1, 0.15) is 18.1 Å². The van der Waals surface area contributed by atoms with Crippen molar-refractivity contribution in [1.82, 2.24) is 10.3 Å². The molecule has 1 aromatic carbocycles. The number of nitrogens with one attached hydrogen (secondary N) is 1. The van der Waals surface area contributed by atoms with Gasteiger partial charge in [0.15, 0.2) is 0 Å². The predicted molar refractivity (Wildman–Crippen MR) is 80.1 cm³/mol. The summed E-state index contributed by atoms with van der Waals surface area (Å²) in [5.74, 6) is -0.196. The topological polar surface area (TPSA) is 28.2 Å². The Bertz CT molecular complexity index is 557. The minimum Gasteiger partial charge on any atom is -0.370 e. The van der Waals surface area contributed by atoms with Crippen LogP contribution in [-0.4, -0.2) is 18.6 Å². The van der Waals surface area contributed by atoms with Crippen molar-refractivity contribution in [1.29, 1.82) is 0 Å². The van der Waals surface area contributed by atoms with Crippen LogP contribution in [0.3, 0.4) is 0 Å². The van der Waals surface area contributed by atoms with Crippen LogP contribution in [-0.2, 0) is 13.1 Å². The Morgan fingerprint density at radius 2 is 2.15 bits per heavy atom. The van der Waals surface area contributed by atoms with Gasteiger partial charge in [0.2, 0.25) is 0 Å². The van der Waals surface area contributed by atoms with Crippen molar-refractivity contribution in [2.24, 2.45) is 0 Å². The summed E-state index contributed by atoms with van der Waals surface area (Å²) in [5.41, 5.74) is 3.22. The van der Waals surface area contributed by atoms with Gasteiger partial charge < -0.3 is 10.2 Å². The molecule has 4 heteroatoms. The molecule has 0 atom stereocenters. The van der Waals surface area contributed by atoms with Crippen LogP contribution in [0.4, 0.5) is 10.1 Å². The molecule has 0 amide bonds. The van der Waals surface area contributed by atoms with E-state index in [0.717, 1.165) is 29.9 Å². The van der Waals surface area contributed by atoms with E-state index in [1.165, 1.54) is 6.07 Å². The molecule has 0 spiro atoms. The highest BCUT2D eigenvalue weighted by Crippen LogP contribution is 2.20. The highest BCUT2D eigenvalue weighted by Gasteiger charge is 2.08. The molecule has 106 valence electrons. The molecule has 2 rings (SSSR count). The number of nitrogens with zero attached hydrogens (tertiary/aromatic N) is 2. The molecule has 0 aliphatic carbocycles. The maximum atomic E-state index is 13.2. The van der Waals surface area contributed by atoms with Crippen LogP contribution >= 0.6 is 0 Å². The van der Waals surface area contributed by atoms with Crippen LogP contribution in [0.2, 0.25) is 0 Å². The van der Waals surface area contributed by atoms with E-state index < -0.39 is 0 Å². The Morgan fingerprint density at radius 3 is 2.90 bits per heavy atom. The maximum Gasteiger partial charge on any atom is 0.123 e. The minimum atomic E-state index is -0.196. The van der Waals surface area contributed by atoms with Gasteiger partial charge in [-0.1, -0.05) is 19.1 Å². The zero-order valence-electron chi connectivity index (χ0n) is 11.9. The number of pyridine rings is 1. The van der Waals surface area contributed by atoms with Crippen LogP contribution in [0.25, 0.3) is 0 Å². The molecule has 0 aliphatic rings. The molecule has 1 heterocycles. The van der Waals surface area contributed by atoms with Crippen LogP contribution in [0.5, 0.6) is 0 Å². The summed E-state index contributed by atoms with van der Waals surface area (Å²) in [7, 11) is 2.01. The summed E-state index contributed by atoms with van der Waals surface area (Å²) < 4.78 is 13.2. The standard InChI is InChI=1S/C16H20FN3/c1-3-18-10-14-11-19-8-7-16(14)20(2)12-13-5-4-6-15(17)9-13/h4-9,11,18H,3,10,12H2,1-2H3. The third-order valence-electron chi connectivity index (χ3n) is 3.16. The van der Waals surface area contributed by atoms with Crippen LogP contribution in [0, 0.1) is 5.82 Å². The highest BCUT2D eigenvalue weighted by molar-refractivity contribution is 5.52. The van der Waals surface area contributed by atoms with Gasteiger partial charge in [0.25, 0.3) is 0 Å². The molecular weight excluding hydrogens is 253 g/mol. The molecule has 0 saturated carbocycles. The SMILES string of the molecule is CCNCc1cnccc1N(C)Cc1cccc(F)c1. The lowest BCUT2D eigenvalue weighted by Crippen LogP contribution is -2.21. The van der Waals surface area contributed by atoms with E-state index in [0.29, 0.717) is 6.54 Å². The normalized spacial score (nSPS) is 10.6. The van der Waals surface area contributed by atoms with E-state index in [1.54, 1.807) is 18.3 Å². The first kappa shape index (κ1) is 14.5. The van der Waals surface area contributed by atoms with Crippen molar-refractivity contribution in [3.05, 3.63) is 59.7 Å². The molecule has 0 bridgehead atoms. The predicted octanol–water partition coefficient (Wildman–Crippen LogP) is 2.97. The zero-order chi connectivity index (χ0) is 14.4. The monoisotopic (exact) mass is 273 g/mol. The van der Waals surface area contributed by atoms with E-state index in [2.05, 4.69) is 22.1 Å². The van der Waals surface area contributed by atoms with E-state index in [-0.39, 0.29) is 5.82 Å². The Hall–Kier alpha value is -1.94. The van der Waals surface area contributed by atoms with Crippen molar-refractivity contribution < 1.29 is 4.39 Å². The van der Waals surface area contributed by atoms with Crippen molar-refractivity contribution >= 4 is 5.69 Å². The summed E-state index contributed by atoms with van der Waals surface area (Å²) in [6.07, 6.45) is 3.66. The summed E-state index contributed by atoms with van der Waals surface area (Å²) in [5, 5.41) is 3.31. The fraction of sp³-hybridized carbons (Fsp3) is 0.312. The largest absolute Gasteiger partial charge is 0.370 e. The number of benzene rings is 1. The lowest BCUT2D eigenvalue weighted by atomic mass is 10.1. The number of rotatable bonds is 6. The Kier molecular flexibility index (Phi) is 5.07. The molecule has 0 radical (unpaired) electrons. The summed E-state index contributed by atoms with van der Waals surface area (Å²) in [6, 6.07) is 8.70. The molecule has 20 heavy (non-hydrogen) atoms. The van der Waals surface area contributed by atoms with Crippen molar-refractivity contribution in [2.45, 2.75) is 20.0 Å². The molecule has 3 nitrogen and oxygen atoms in total. The lowest BCUT2D eigenvalue weighted by Gasteiger charge is -2.22. The van der Waals surface area contributed by atoms with E-state index in [4.69, 9.17) is 0 Å². The summed E-state index contributed by atoms with van der Waals surface area (Å²) >= 11 is 0. The fourth-order valence-corrected chi connectivity index (χ4v) is 2.18. The highest BCUT2D eigenvalue weighted by atomic mass is 19.1. The maximum absolute atomic E-state index is 13.2. The molecule has 2 aromatic rings. The van der Waals surface area contributed by atoms with Crippen molar-refractivity contribution in [2.75, 3.05) is 18.5 Å². The zero-order valence-corrected chi connectivity index (χ0v) is 11.9. The molecule has 0 fully saturated rings. The lowest BCUT2D eigenvalue weighted by molar-refractivity contribution is 0.625. The Labute approximate surface area is 119 Å². The van der Waals surface area contributed by atoms with Gasteiger partial charge in [0, 0.05) is 43.8 Å². The molecule has 0 saturated heterocycles. The first-order valence-electron chi connectivity index (χ1n) is 6.80. The third-order valence-corrected chi connectivity index (χ3v) is 3.16. The number of halogens is 1. The average Bonchev–Trinajstić information content (AvgIpc) is 2.45. The first-order chi connectivity index (χ1) is 9.70. The number of anilines is 1. The average molecular weight is 273 g/mol. The molecule has 1 aromatic heterocycles. The van der Waals surface area contributed by atoms with E-state index in [1.807, 2.05) is 25.4 Å². The van der Waals surface area contributed by atoms with Crippen molar-refractivity contribution in [3.63, 3.8) is 0 Å². The second-order valence-corrected chi connectivity index (χ2v) is 4.77. The molecular formula is C16H20FN3. The van der Waals surface area contributed by atoms with E-state index in [9.17, 15) is 4.39 Å². The van der Waals surface area contributed by atoms with Gasteiger partial charge in [0.1, 0.15) is 5.82 Å². The third kappa shape index (κ3) is 3.78. The second-order valence-electron chi connectivity index (χ2n) is 4.77. The summed E-state index contributed by atoms with van der Waals surface area (Å²) in [4.78, 5) is 6.29. The molecule has 0 unspecified atom stereocenters. The van der Waals surface area contributed by atoms with Crippen LogP contribution < -0.4 is 10.2 Å². The number of hydrogen-bond donors (Lipinski definition) is 1. The first-order valence-corrected chi connectivity index (χ1v) is 6.80. The van der Waals surface area contributed by atoms with Gasteiger partial charge in [-0.25, -0.2) is 4.39 Å². The summed E-state index contributed by atoms with van der Waals surface area (Å²) in [6.45, 7) is 4.45. The van der Waals surface area contributed by atoms with Gasteiger partial charge in [0.05, 0.1) is 0 Å². The minimum absolute atomic E-state index is 0.196. The van der Waals surface area contributed by atoms with E-state index >= 15 is 0 Å². The van der Waals surface area contributed by atoms with Crippen LogP contribution in [0.15, 0.2) is 42.7 Å². The van der Waals surface area contributed by atoms with Gasteiger partial charge >= 0.3 is 0 Å². The number of aromatic nitrogens is 1. The second kappa shape index (κ2) is 7.01. The Morgan fingerprint density at radius 1 is 1.30 bits per heavy atom. The van der Waals surface area contributed by atoms with Gasteiger partial charge in [-0.3, -0.25) is 4.98 Å². The number of hydrogen-bond acceptors (Lipinski definition) is 3. The van der Waals surface area contributed by atoms with Gasteiger partial charge in [-0.05, 0) is 30.3 Å². The van der Waals surface area contributed by atoms with Crippen molar-refractivity contribution in [3.8, 4) is 0 Å².